The molecular formula is C21H26N4O2S. The fourth-order valence-electron chi connectivity index (χ4n) is 2.84. The van der Waals surface area contributed by atoms with Crippen molar-refractivity contribution in [2.75, 3.05) is 13.1 Å². The van der Waals surface area contributed by atoms with Crippen molar-refractivity contribution in [2.24, 2.45) is 0 Å². The van der Waals surface area contributed by atoms with Gasteiger partial charge in [-0.05, 0) is 35.7 Å². The van der Waals surface area contributed by atoms with Crippen molar-refractivity contribution in [2.45, 2.75) is 39.8 Å². The van der Waals surface area contributed by atoms with Gasteiger partial charge in [0.05, 0.1) is 0 Å². The van der Waals surface area contributed by atoms with Crippen LogP contribution in [0.1, 0.15) is 37.3 Å². The molecule has 1 amide bonds. The van der Waals surface area contributed by atoms with E-state index in [-0.39, 0.29) is 5.91 Å². The van der Waals surface area contributed by atoms with Gasteiger partial charge in [-0.2, -0.15) is 16.3 Å². The molecule has 1 aromatic carbocycles. The Morgan fingerprint density at radius 1 is 1.14 bits per heavy atom. The number of carbonyl (C=O) groups excluding carboxylic acids is 1. The highest BCUT2D eigenvalue weighted by Crippen LogP contribution is 2.19. The Labute approximate surface area is 169 Å². The molecule has 6 nitrogen and oxygen atoms in total. The minimum atomic E-state index is -0.0255. The Morgan fingerprint density at radius 2 is 1.89 bits per heavy atom. The Kier molecular flexibility index (Phi) is 7.33. The van der Waals surface area contributed by atoms with E-state index >= 15 is 0 Å². The van der Waals surface area contributed by atoms with E-state index in [1.165, 1.54) is 5.56 Å². The van der Waals surface area contributed by atoms with Gasteiger partial charge < -0.3 is 9.84 Å². The summed E-state index contributed by atoms with van der Waals surface area (Å²) >= 11 is 1.58. The van der Waals surface area contributed by atoms with E-state index in [1.54, 1.807) is 11.3 Å². The van der Waals surface area contributed by atoms with Gasteiger partial charge in [-0.3, -0.25) is 9.69 Å². The summed E-state index contributed by atoms with van der Waals surface area (Å²) in [7, 11) is 0. The van der Waals surface area contributed by atoms with E-state index in [1.807, 2.05) is 16.8 Å². The summed E-state index contributed by atoms with van der Waals surface area (Å²) in [5, 5.41) is 10.8. The smallest absolute Gasteiger partial charge is 0.227 e. The quantitative estimate of drug-likeness (QED) is 0.561. The SMILES string of the molecule is CCN(CC)Cc1ccc(CNC(=O)CCc2nc(-c3ccsc3)no2)cc1. The third-order valence-corrected chi connectivity index (χ3v) is 5.31. The van der Waals surface area contributed by atoms with E-state index in [9.17, 15) is 4.79 Å². The largest absolute Gasteiger partial charge is 0.352 e. The zero-order chi connectivity index (χ0) is 19.8. The second-order valence-electron chi connectivity index (χ2n) is 6.58. The van der Waals surface area contributed by atoms with E-state index in [0.29, 0.717) is 31.1 Å². The van der Waals surface area contributed by atoms with Gasteiger partial charge in [0.15, 0.2) is 0 Å². The van der Waals surface area contributed by atoms with Crippen LogP contribution in [-0.2, 0) is 24.3 Å². The van der Waals surface area contributed by atoms with Crippen LogP contribution in [-0.4, -0.2) is 34.0 Å². The number of aryl methyl sites for hydroxylation is 1. The highest BCUT2D eigenvalue weighted by molar-refractivity contribution is 7.08. The fraction of sp³-hybridized carbons (Fsp3) is 0.381. The number of benzene rings is 1. The zero-order valence-electron chi connectivity index (χ0n) is 16.4. The molecule has 0 aliphatic rings. The van der Waals surface area contributed by atoms with Crippen LogP contribution >= 0.6 is 11.3 Å². The molecule has 148 valence electrons. The molecule has 1 N–H and O–H groups in total. The van der Waals surface area contributed by atoms with Crippen LogP contribution in [0.3, 0.4) is 0 Å². The van der Waals surface area contributed by atoms with Crippen molar-refractivity contribution in [1.82, 2.24) is 20.4 Å². The van der Waals surface area contributed by atoms with Gasteiger partial charge in [0.2, 0.25) is 17.6 Å². The van der Waals surface area contributed by atoms with Gasteiger partial charge in [0.1, 0.15) is 0 Å². The number of rotatable bonds is 10. The summed E-state index contributed by atoms with van der Waals surface area (Å²) in [6, 6.07) is 10.3. The van der Waals surface area contributed by atoms with E-state index in [0.717, 1.165) is 30.8 Å². The van der Waals surface area contributed by atoms with Crippen molar-refractivity contribution in [3.63, 3.8) is 0 Å². The Morgan fingerprint density at radius 3 is 2.57 bits per heavy atom. The summed E-state index contributed by atoms with van der Waals surface area (Å²) in [6.45, 7) is 7.91. The van der Waals surface area contributed by atoms with Crippen LogP contribution in [0, 0.1) is 0 Å². The summed E-state index contributed by atoms with van der Waals surface area (Å²) in [5.74, 6) is 1.03. The number of hydrogen-bond donors (Lipinski definition) is 1. The van der Waals surface area contributed by atoms with Crippen LogP contribution < -0.4 is 5.32 Å². The average molecular weight is 399 g/mol. The summed E-state index contributed by atoms with van der Waals surface area (Å²) in [6.07, 6.45) is 0.761. The predicted octanol–water partition coefficient (Wildman–Crippen LogP) is 3.89. The number of aromatic nitrogens is 2. The van der Waals surface area contributed by atoms with Gasteiger partial charge in [0, 0.05) is 36.9 Å². The number of carbonyl (C=O) groups is 1. The Bertz CT molecular complexity index is 855. The molecule has 0 bridgehead atoms. The van der Waals surface area contributed by atoms with Crippen molar-refractivity contribution in [3.8, 4) is 11.4 Å². The first-order chi connectivity index (χ1) is 13.7. The second-order valence-corrected chi connectivity index (χ2v) is 7.36. The van der Waals surface area contributed by atoms with Crippen molar-refractivity contribution < 1.29 is 9.32 Å². The van der Waals surface area contributed by atoms with Crippen molar-refractivity contribution in [3.05, 3.63) is 58.1 Å². The molecule has 2 aromatic heterocycles. The number of hydrogen-bond acceptors (Lipinski definition) is 6. The van der Waals surface area contributed by atoms with Crippen LogP contribution in [0.25, 0.3) is 11.4 Å². The third-order valence-electron chi connectivity index (χ3n) is 4.63. The first-order valence-electron chi connectivity index (χ1n) is 9.60. The monoisotopic (exact) mass is 398 g/mol. The first-order valence-corrected chi connectivity index (χ1v) is 10.5. The molecule has 3 rings (SSSR count). The lowest BCUT2D eigenvalue weighted by Gasteiger charge is -2.18. The Hall–Kier alpha value is -2.51. The van der Waals surface area contributed by atoms with Gasteiger partial charge in [0.25, 0.3) is 0 Å². The molecule has 0 unspecified atom stereocenters. The van der Waals surface area contributed by atoms with Crippen molar-refractivity contribution >= 4 is 17.2 Å². The number of nitrogens with zero attached hydrogens (tertiary/aromatic N) is 3. The van der Waals surface area contributed by atoms with Crippen LogP contribution in [0.5, 0.6) is 0 Å². The van der Waals surface area contributed by atoms with E-state index < -0.39 is 0 Å². The van der Waals surface area contributed by atoms with Crippen LogP contribution in [0.15, 0.2) is 45.6 Å². The first kappa shape index (κ1) is 20.2. The average Bonchev–Trinajstić information content (AvgIpc) is 3.41. The fourth-order valence-corrected chi connectivity index (χ4v) is 3.48. The number of thiophene rings is 1. The second kappa shape index (κ2) is 10.1. The highest BCUT2D eigenvalue weighted by Gasteiger charge is 2.11. The van der Waals surface area contributed by atoms with E-state index in [4.69, 9.17) is 4.52 Å². The molecule has 0 saturated carbocycles. The normalized spacial score (nSPS) is 11.1. The van der Waals surface area contributed by atoms with Gasteiger partial charge in [-0.25, -0.2) is 0 Å². The van der Waals surface area contributed by atoms with E-state index in [2.05, 4.69) is 58.5 Å². The lowest BCUT2D eigenvalue weighted by molar-refractivity contribution is -0.121. The molecule has 3 aromatic rings. The van der Waals surface area contributed by atoms with Gasteiger partial charge in [-0.15, -0.1) is 0 Å². The number of nitrogens with one attached hydrogen (secondary N) is 1. The molecule has 0 aliphatic carbocycles. The van der Waals surface area contributed by atoms with Crippen LogP contribution in [0.2, 0.25) is 0 Å². The molecule has 0 saturated heterocycles. The molecule has 2 heterocycles. The van der Waals surface area contributed by atoms with Crippen LogP contribution in [0.4, 0.5) is 0 Å². The molecule has 28 heavy (non-hydrogen) atoms. The maximum absolute atomic E-state index is 12.1. The summed E-state index contributed by atoms with van der Waals surface area (Å²) in [4.78, 5) is 18.8. The van der Waals surface area contributed by atoms with Crippen molar-refractivity contribution in [1.29, 1.82) is 0 Å². The zero-order valence-corrected chi connectivity index (χ0v) is 17.2. The minimum absolute atomic E-state index is 0.0255. The predicted molar refractivity (Wildman–Crippen MR) is 111 cm³/mol. The summed E-state index contributed by atoms with van der Waals surface area (Å²) in [5.41, 5.74) is 3.32. The lowest BCUT2D eigenvalue weighted by Crippen LogP contribution is -2.23. The molecule has 0 spiro atoms. The van der Waals surface area contributed by atoms with Gasteiger partial charge in [-0.1, -0.05) is 43.3 Å². The molecule has 0 radical (unpaired) electrons. The standard InChI is InChI=1S/C21H26N4O2S/c1-3-25(4-2)14-17-7-5-16(6-8-17)13-22-19(26)9-10-20-23-21(24-27-20)18-11-12-28-15-18/h5-8,11-12,15H,3-4,9-10,13-14H2,1-2H3,(H,22,26). The number of amides is 1. The minimum Gasteiger partial charge on any atom is -0.352 e. The lowest BCUT2D eigenvalue weighted by atomic mass is 10.1. The molecule has 0 fully saturated rings. The third kappa shape index (κ3) is 5.74. The maximum atomic E-state index is 12.1. The highest BCUT2D eigenvalue weighted by atomic mass is 32.1. The molecular weight excluding hydrogens is 372 g/mol. The molecule has 7 heteroatoms. The maximum Gasteiger partial charge on any atom is 0.227 e. The van der Waals surface area contributed by atoms with Gasteiger partial charge >= 0.3 is 0 Å². The topological polar surface area (TPSA) is 71.3 Å². The Balaban J connectivity index is 1.42. The summed E-state index contributed by atoms with van der Waals surface area (Å²) < 4.78 is 5.22. The molecule has 0 aliphatic heterocycles. The molecule has 0 atom stereocenters.